The van der Waals surface area contributed by atoms with E-state index in [0.29, 0.717) is 0 Å². The third kappa shape index (κ3) is 2.10. The highest BCUT2D eigenvalue weighted by atomic mass is 16.5. The monoisotopic (exact) mass is 302 g/mol. The zero-order valence-electron chi connectivity index (χ0n) is 14.1. The number of rotatable bonds is 2. The summed E-state index contributed by atoms with van der Waals surface area (Å²) in [6, 6.07) is 0. The van der Waals surface area contributed by atoms with Crippen LogP contribution in [0.1, 0.15) is 58.8 Å². The maximum Gasteiger partial charge on any atom is 0.0962 e. The van der Waals surface area contributed by atoms with Crippen molar-refractivity contribution in [2.45, 2.75) is 64.9 Å². The van der Waals surface area contributed by atoms with E-state index in [-0.39, 0.29) is 11.5 Å². The third-order valence-electron chi connectivity index (χ3n) is 7.37. The van der Waals surface area contributed by atoms with Gasteiger partial charge in [0, 0.05) is 6.42 Å². The molecule has 0 heterocycles. The van der Waals surface area contributed by atoms with Gasteiger partial charge in [0.05, 0.1) is 18.5 Å². The van der Waals surface area contributed by atoms with Gasteiger partial charge in [-0.05, 0) is 86.2 Å². The van der Waals surface area contributed by atoms with Gasteiger partial charge in [-0.3, -0.25) is 0 Å². The molecule has 0 bridgehead atoms. The van der Waals surface area contributed by atoms with Gasteiger partial charge in [-0.15, -0.1) is 0 Å². The smallest absolute Gasteiger partial charge is 0.0962 e. The van der Waals surface area contributed by atoms with Crippen molar-refractivity contribution in [1.29, 1.82) is 0 Å². The minimum atomic E-state index is -0.0559. The van der Waals surface area contributed by atoms with Gasteiger partial charge in [-0.25, -0.2) is 0 Å². The number of aliphatic hydroxyl groups is 1. The normalized spacial score (nSPS) is 47.0. The van der Waals surface area contributed by atoms with Crippen LogP contribution in [0.3, 0.4) is 0 Å². The average Bonchev–Trinajstić information content (AvgIpc) is 2.83. The van der Waals surface area contributed by atoms with Crippen molar-refractivity contribution in [2.75, 3.05) is 6.61 Å². The molecule has 0 aromatic heterocycles. The Bertz CT molecular complexity index is 506. The molecule has 4 aliphatic carbocycles. The first-order valence-corrected chi connectivity index (χ1v) is 9.35. The Balaban J connectivity index is 1.59. The average molecular weight is 302 g/mol. The van der Waals surface area contributed by atoms with Crippen molar-refractivity contribution in [3.63, 3.8) is 0 Å². The van der Waals surface area contributed by atoms with Crippen molar-refractivity contribution < 1.29 is 9.84 Å². The van der Waals surface area contributed by atoms with Crippen molar-refractivity contribution in [2.24, 2.45) is 29.1 Å². The molecule has 0 aliphatic heterocycles. The molecular weight excluding hydrogens is 272 g/mol. The second-order valence-corrected chi connectivity index (χ2v) is 8.20. The highest BCUT2D eigenvalue weighted by Crippen LogP contribution is 2.61. The van der Waals surface area contributed by atoms with Gasteiger partial charge in [0.15, 0.2) is 0 Å². The first kappa shape index (κ1) is 14.8. The van der Waals surface area contributed by atoms with Gasteiger partial charge < -0.3 is 9.84 Å². The standard InChI is InChI=1S/C20H30O2/c1-3-22-14-5-7-15-13(12-14)4-6-17-16(15)10-11-20(2)18(17)8-9-19(20)21/h4,12,15-19,21H,3,5-11H2,1-2H3/t15-,16+,17+,18-,19-,20-/m0/s1. The quantitative estimate of drug-likeness (QED) is 0.816. The first-order chi connectivity index (χ1) is 10.6. The van der Waals surface area contributed by atoms with E-state index in [4.69, 9.17) is 4.74 Å². The van der Waals surface area contributed by atoms with Crippen LogP contribution in [0.2, 0.25) is 0 Å². The van der Waals surface area contributed by atoms with Gasteiger partial charge >= 0.3 is 0 Å². The van der Waals surface area contributed by atoms with Crippen molar-refractivity contribution in [3.8, 4) is 0 Å². The highest BCUT2D eigenvalue weighted by molar-refractivity contribution is 5.31. The summed E-state index contributed by atoms with van der Waals surface area (Å²) in [5.74, 6) is 4.36. The second kappa shape index (κ2) is 5.40. The number of ether oxygens (including phenoxy) is 1. The lowest BCUT2D eigenvalue weighted by Crippen LogP contribution is -2.46. The molecule has 2 nitrogen and oxygen atoms in total. The number of fused-ring (bicyclic) bond motifs is 5. The lowest BCUT2D eigenvalue weighted by molar-refractivity contribution is -0.0457. The Labute approximate surface area is 134 Å². The van der Waals surface area contributed by atoms with Gasteiger partial charge in [0.1, 0.15) is 0 Å². The molecule has 0 saturated heterocycles. The molecular formula is C20H30O2. The van der Waals surface area contributed by atoms with Gasteiger partial charge in [0.25, 0.3) is 0 Å². The van der Waals surface area contributed by atoms with Crippen LogP contribution in [0.5, 0.6) is 0 Å². The fourth-order valence-corrected chi connectivity index (χ4v) is 6.20. The Kier molecular flexibility index (Phi) is 3.64. The molecule has 0 unspecified atom stereocenters. The number of aliphatic hydroxyl groups excluding tert-OH is 1. The van der Waals surface area contributed by atoms with Crippen LogP contribution in [0, 0.1) is 29.1 Å². The SMILES string of the molecule is CCOC1=CC2=CC[C@@H]3[C@H](CC[C@]4(C)[C@@H](O)CC[C@@H]34)[C@H]2CC1. The largest absolute Gasteiger partial charge is 0.498 e. The lowest BCUT2D eigenvalue weighted by atomic mass is 9.53. The predicted octanol–water partition coefficient (Wildman–Crippen LogP) is 4.45. The van der Waals surface area contributed by atoms with Crippen LogP contribution in [0.4, 0.5) is 0 Å². The summed E-state index contributed by atoms with van der Waals surface area (Å²) in [5.41, 5.74) is 1.76. The molecule has 122 valence electrons. The van der Waals surface area contributed by atoms with Crippen LogP contribution in [-0.4, -0.2) is 17.8 Å². The Morgan fingerprint density at radius 3 is 2.91 bits per heavy atom. The molecule has 0 spiro atoms. The first-order valence-electron chi connectivity index (χ1n) is 9.35. The molecule has 1 N–H and O–H groups in total. The van der Waals surface area contributed by atoms with Gasteiger partial charge in [0.2, 0.25) is 0 Å². The van der Waals surface area contributed by atoms with E-state index in [2.05, 4.69) is 26.0 Å². The van der Waals surface area contributed by atoms with E-state index in [9.17, 15) is 5.11 Å². The van der Waals surface area contributed by atoms with Crippen molar-refractivity contribution in [1.82, 2.24) is 0 Å². The molecule has 6 atom stereocenters. The van der Waals surface area contributed by atoms with Crippen molar-refractivity contribution >= 4 is 0 Å². The molecule has 2 fully saturated rings. The predicted molar refractivity (Wildman–Crippen MR) is 88.2 cm³/mol. The summed E-state index contributed by atoms with van der Waals surface area (Å²) in [5, 5.41) is 10.5. The Hall–Kier alpha value is -0.760. The molecule has 2 heteroatoms. The minimum Gasteiger partial charge on any atom is -0.498 e. The summed E-state index contributed by atoms with van der Waals surface area (Å²) in [7, 11) is 0. The number of hydrogen-bond acceptors (Lipinski definition) is 2. The zero-order chi connectivity index (χ0) is 15.3. The molecule has 2 saturated carbocycles. The minimum absolute atomic E-state index is 0.0559. The molecule has 0 radical (unpaired) electrons. The van der Waals surface area contributed by atoms with Crippen molar-refractivity contribution in [3.05, 3.63) is 23.5 Å². The van der Waals surface area contributed by atoms with E-state index >= 15 is 0 Å². The fourth-order valence-electron chi connectivity index (χ4n) is 6.20. The molecule has 0 aromatic rings. The van der Waals surface area contributed by atoms with Crippen LogP contribution >= 0.6 is 0 Å². The summed E-state index contributed by atoms with van der Waals surface area (Å²) in [6.45, 7) is 5.22. The molecule has 4 aliphatic rings. The maximum atomic E-state index is 10.5. The summed E-state index contributed by atoms with van der Waals surface area (Å²) >= 11 is 0. The summed E-state index contributed by atoms with van der Waals surface area (Å²) in [6.07, 6.45) is 13.2. The van der Waals surface area contributed by atoms with E-state index < -0.39 is 0 Å². The van der Waals surface area contributed by atoms with E-state index in [1.54, 1.807) is 5.57 Å². The number of allylic oxidation sites excluding steroid dienone is 4. The topological polar surface area (TPSA) is 29.5 Å². The highest BCUT2D eigenvalue weighted by Gasteiger charge is 2.55. The van der Waals surface area contributed by atoms with Crippen LogP contribution in [0.15, 0.2) is 23.5 Å². The molecule has 0 amide bonds. The zero-order valence-corrected chi connectivity index (χ0v) is 14.1. The second-order valence-electron chi connectivity index (χ2n) is 8.20. The third-order valence-corrected chi connectivity index (χ3v) is 7.37. The van der Waals surface area contributed by atoms with E-state index in [1.807, 2.05) is 0 Å². The van der Waals surface area contributed by atoms with E-state index in [0.717, 1.165) is 43.1 Å². The lowest BCUT2D eigenvalue weighted by Gasteiger charge is -2.52. The summed E-state index contributed by atoms with van der Waals surface area (Å²) in [4.78, 5) is 0. The van der Waals surface area contributed by atoms with Gasteiger partial charge in [-0.2, -0.15) is 0 Å². The van der Waals surface area contributed by atoms with Crippen LogP contribution in [0.25, 0.3) is 0 Å². The molecule has 4 rings (SSSR count). The number of hydrogen-bond donors (Lipinski definition) is 1. The van der Waals surface area contributed by atoms with Crippen LogP contribution < -0.4 is 0 Å². The molecule has 22 heavy (non-hydrogen) atoms. The van der Waals surface area contributed by atoms with Crippen LogP contribution in [-0.2, 0) is 4.74 Å². The summed E-state index contributed by atoms with van der Waals surface area (Å²) < 4.78 is 5.75. The van der Waals surface area contributed by atoms with Gasteiger partial charge in [-0.1, -0.05) is 13.0 Å². The maximum absolute atomic E-state index is 10.5. The Morgan fingerprint density at radius 1 is 1.23 bits per heavy atom. The molecule has 0 aromatic carbocycles. The van der Waals surface area contributed by atoms with E-state index in [1.165, 1.54) is 37.9 Å². The Morgan fingerprint density at radius 2 is 2.09 bits per heavy atom. The fraction of sp³-hybridized carbons (Fsp3) is 0.800.